The molecule has 0 heterocycles. The molecule has 0 saturated heterocycles. The monoisotopic (exact) mass is 188 g/mol. The summed E-state index contributed by atoms with van der Waals surface area (Å²) in [6.45, 7) is 9.88. The van der Waals surface area contributed by atoms with Crippen molar-refractivity contribution in [1.82, 2.24) is 0 Å². The van der Waals surface area contributed by atoms with Crippen LogP contribution in [0.25, 0.3) is 0 Å². The molecule has 0 amide bonds. The minimum atomic E-state index is -0.480. The second-order valence-electron chi connectivity index (χ2n) is 4.04. The highest BCUT2D eigenvalue weighted by Gasteiger charge is 2.21. The zero-order valence-electron chi connectivity index (χ0n) is 9.22. The average Bonchev–Trinajstić information content (AvgIpc) is 1.96. The molecule has 0 aliphatic rings. The number of hydrogen-bond donors (Lipinski definition) is 0. The Bertz CT molecular complexity index is 158. The summed E-state index contributed by atoms with van der Waals surface area (Å²) in [6.07, 6.45) is 0.361. The van der Waals surface area contributed by atoms with Crippen LogP contribution in [0.5, 0.6) is 0 Å². The van der Waals surface area contributed by atoms with Crippen molar-refractivity contribution in [3.63, 3.8) is 0 Å². The maximum absolute atomic E-state index is 11.2. The van der Waals surface area contributed by atoms with Crippen LogP contribution in [-0.4, -0.2) is 24.3 Å². The Morgan fingerprint density at radius 3 is 2.31 bits per heavy atom. The van der Waals surface area contributed by atoms with Crippen LogP contribution in [0.2, 0.25) is 0 Å². The van der Waals surface area contributed by atoms with E-state index in [1.807, 2.05) is 27.7 Å². The Labute approximate surface area is 80.4 Å². The number of rotatable bonds is 4. The van der Waals surface area contributed by atoms with Gasteiger partial charge < -0.3 is 9.47 Å². The Hall–Kier alpha value is -0.570. The largest absolute Gasteiger partial charge is 0.464 e. The van der Waals surface area contributed by atoms with E-state index in [9.17, 15) is 4.79 Å². The van der Waals surface area contributed by atoms with Gasteiger partial charge in [-0.2, -0.15) is 0 Å². The van der Waals surface area contributed by atoms with Gasteiger partial charge in [-0.3, -0.25) is 0 Å². The van der Waals surface area contributed by atoms with E-state index in [1.54, 1.807) is 6.92 Å². The van der Waals surface area contributed by atoms with Crippen LogP contribution in [-0.2, 0) is 14.3 Å². The normalized spacial score (nSPS) is 13.9. The summed E-state index contributed by atoms with van der Waals surface area (Å²) in [5, 5.41) is 0. The fourth-order valence-electron chi connectivity index (χ4n) is 0.898. The summed E-state index contributed by atoms with van der Waals surface area (Å²) in [7, 11) is 0. The zero-order valence-corrected chi connectivity index (χ0v) is 9.22. The van der Waals surface area contributed by atoms with E-state index in [0.717, 1.165) is 6.42 Å². The highest BCUT2D eigenvalue weighted by molar-refractivity contribution is 5.74. The van der Waals surface area contributed by atoms with Crippen molar-refractivity contribution in [2.24, 2.45) is 0 Å². The molecule has 0 spiro atoms. The molecule has 0 N–H and O–H groups in total. The summed E-state index contributed by atoms with van der Waals surface area (Å²) in [4.78, 5) is 11.2. The highest BCUT2D eigenvalue weighted by atomic mass is 16.6. The summed E-state index contributed by atoms with van der Waals surface area (Å²) in [5.74, 6) is -0.281. The second kappa shape index (κ2) is 5.22. The fourth-order valence-corrected chi connectivity index (χ4v) is 0.898. The van der Waals surface area contributed by atoms with Crippen molar-refractivity contribution < 1.29 is 14.3 Å². The van der Waals surface area contributed by atoms with Gasteiger partial charge in [-0.05, 0) is 34.1 Å². The standard InChI is InChI=1S/C10H20O3/c1-6-7-12-9(11)8(2)13-10(3,4)5/h8H,6-7H2,1-5H3/t8-/m0/s1. The Balaban J connectivity index is 3.83. The molecular weight excluding hydrogens is 168 g/mol. The molecule has 0 unspecified atom stereocenters. The van der Waals surface area contributed by atoms with Crippen molar-refractivity contribution in [1.29, 1.82) is 0 Å². The van der Waals surface area contributed by atoms with Gasteiger partial charge in [-0.15, -0.1) is 0 Å². The Morgan fingerprint density at radius 1 is 1.38 bits per heavy atom. The molecule has 3 nitrogen and oxygen atoms in total. The van der Waals surface area contributed by atoms with Gasteiger partial charge in [-0.25, -0.2) is 4.79 Å². The fraction of sp³-hybridized carbons (Fsp3) is 0.900. The molecule has 0 fully saturated rings. The van der Waals surface area contributed by atoms with Gasteiger partial charge in [0.25, 0.3) is 0 Å². The van der Waals surface area contributed by atoms with Gasteiger partial charge in [0.15, 0.2) is 6.10 Å². The van der Waals surface area contributed by atoms with Crippen LogP contribution in [0.1, 0.15) is 41.0 Å². The summed E-state index contributed by atoms with van der Waals surface area (Å²) in [5.41, 5.74) is -0.301. The first kappa shape index (κ1) is 12.4. The first-order valence-electron chi connectivity index (χ1n) is 4.71. The lowest BCUT2D eigenvalue weighted by atomic mass is 10.2. The third-order valence-corrected chi connectivity index (χ3v) is 1.31. The van der Waals surface area contributed by atoms with Crippen molar-refractivity contribution in [3.8, 4) is 0 Å². The smallest absolute Gasteiger partial charge is 0.334 e. The van der Waals surface area contributed by atoms with Crippen LogP contribution < -0.4 is 0 Å². The maximum Gasteiger partial charge on any atom is 0.334 e. The molecule has 0 aliphatic heterocycles. The van der Waals surface area contributed by atoms with Crippen molar-refractivity contribution >= 4 is 5.97 Å². The van der Waals surface area contributed by atoms with Crippen LogP contribution in [0, 0.1) is 0 Å². The molecule has 0 saturated carbocycles. The van der Waals surface area contributed by atoms with E-state index in [0.29, 0.717) is 6.61 Å². The lowest BCUT2D eigenvalue weighted by Crippen LogP contribution is -2.32. The van der Waals surface area contributed by atoms with Crippen molar-refractivity contribution in [2.45, 2.75) is 52.7 Å². The molecule has 78 valence electrons. The molecule has 0 aliphatic carbocycles. The third kappa shape index (κ3) is 6.58. The van der Waals surface area contributed by atoms with E-state index in [1.165, 1.54) is 0 Å². The van der Waals surface area contributed by atoms with Crippen LogP contribution in [0.4, 0.5) is 0 Å². The lowest BCUT2D eigenvalue weighted by molar-refractivity contribution is -0.164. The van der Waals surface area contributed by atoms with E-state index in [4.69, 9.17) is 9.47 Å². The summed E-state index contributed by atoms with van der Waals surface area (Å²) < 4.78 is 10.4. The third-order valence-electron chi connectivity index (χ3n) is 1.31. The molecule has 0 rings (SSSR count). The molecule has 0 aromatic heterocycles. The first-order valence-corrected chi connectivity index (χ1v) is 4.71. The van der Waals surface area contributed by atoms with Crippen molar-refractivity contribution in [2.75, 3.05) is 6.61 Å². The van der Waals surface area contributed by atoms with Crippen molar-refractivity contribution in [3.05, 3.63) is 0 Å². The topological polar surface area (TPSA) is 35.5 Å². The van der Waals surface area contributed by atoms with Gasteiger partial charge in [0.1, 0.15) is 0 Å². The minimum absolute atomic E-state index is 0.281. The lowest BCUT2D eigenvalue weighted by Gasteiger charge is -2.23. The molecule has 0 radical (unpaired) electrons. The molecule has 1 atom stereocenters. The zero-order chi connectivity index (χ0) is 10.5. The molecule has 3 heteroatoms. The highest BCUT2D eigenvalue weighted by Crippen LogP contribution is 2.11. The van der Waals surface area contributed by atoms with Gasteiger partial charge in [0, 0.05) is 0 Å². The number of carbonyl (C=O) groups is 1. The summed E-state index contributed by atoms with van der Waals surface area (Å²) >= 11 is 0. The molecule has 0 aromatic rings. The average molecular weight is 188 g/mol. The van der Waals surface area contributed by atoms with Crippen LogP contribution in [0.3, 0.4) is 0 Å². The molecule has 0 aromatic carbocycles. The molecule has 0 bridgehead atoms. The second-order valence-corrected chi connectivity index (χ2v) is 4.04. The van der Waals surface area contributed by atoms with E-state index in [2.05, 4.69) is 0 Å². The van der Waals surface area contributed by atoms with Crippen LogP contribution >= 0.6 is 0 Å². The Kier molecular flexibility index (Phi) is 4.99. The predicted molar refractivity (Wildman–Crippen MR) is 51.6 cm³/mol. The maximum atomic E-state index is 11.2. The first-order chi connectivity index (χ1) is 5.87. The Morgan fingerprint density at radius 2 is 1.92 bits per heavy atom. The van der Waals surface area contributed by atoms with Crippen LogP contribution in [0.15, 0.2) is 0 Å². The van der Waals surface area contributed by atoms with Gasteiger partial charge in [0.05, 0.1) is 12.2 Å². The van der Waals surface area contributed by atoms with E-state index >= 15 is 0 Å². The quantitative estimate of drug-likeness (QED) is 0.634. The number of ether oxygens (including phenoxy) is 2. The number of hydrogen-bond acceptors (Lipinski definition) is 3. The van der Waals surface area contributed by atoms with E-state index in [-0.39, 0.29) is 11.6 Å². The molecular formula is C10H20O3. The van der Waals surface area contributed by atoms with E-state index < -0.39 is 6.10 Å². The number of esters is 1. The van der Waals surface area contributed by atoms with Gasteiger partial charge in [-0.1, -0.05) is 6.92 Å². The summed E-state index contributed by atoms with van der Waals surface area (Å²) in [6, 6.07) is 0. The van der Waals surface area contributed by atoms with Gasteiger partial charge >= 0.3 is 5.97 Å². The van der Waals surface area contributed by atoms with Gasteiger partial charge in [0.2, 0.25) is 0 Å². The molecule has 13 heavy (non-hydrogen) atoms. The number of carbonyl (C=O) groups excluding carboxylic acids is 1. The SMILES string of the molecule is CCCOC(=O)[C@H](C)OC(C)(C)C. The minimum Gasteiger partial charge on any atom is -0.464 e. The predicted octanol–water partition coefficient (Wildman–Crippen LogP) is 2.14.